The highest BCUT2D eigenvalue weighted by Crippen LogP contribution is 2.23. The number of rotatable bonds is 7. The van der Waals surface area contributed by atoms with Gasteiger partial charge < -0.3 is 16.0 Å². The van der Waals surface area contributed by atoms with Gasteiger partial charge in [-0.25, -0.2) is 4.99 Å². The van der Waals surface area contributed by atoms with Crippen LogP contribution in [0.5, 0.6) is 0 Å². The van der Waals surface area contributed by atoms with Crippen LogP contribution in [-0.4, -0.2) is 46.7 Å². The van der Waals surface area contributed by atoms with E-state index in [0.29, 0.717) is 23.4 Å². The van der Waals surface area contributed by atoms with Crippen molar-refractivity contribution in [2.45, 2.75) is 57.4 Å². The summed E-state index contributed by atoms with van der Waals surface area (Å²) in [5, 5.41) is 9.72. The van der Waals surface area contributed by atoms with E-state index in [1.807, 2.05) is 38.1 Å². The van der Waals surface area contributed by atoms with Gasteiger partial charge >= 0.3 is 0 Å². The third kappa shape index (κ3) is 6.65. The van der Waals surface area contributed by atoms with Crippen LogP contribution in [0.25, 0.3) is 0 Å². The summed E-state index contributed by atoms with van der Waals surface area (Å²) in [6, 6.07) is 7.80. The predicted molar refractivity (Wildman–Crippen MR) is 113 cm³/mol. The van der Waals surface area contributed by atoms with Crippen molar-refractivity contribution in [3.63, 3.8) is 0 Å². The third-order valence-corrected chi connectivity index (χ3v) is 6.57. The van der Waals surface area contributed by atoms with Gasteiger partial charge in [-0.2, -0.15) is 0 Å². The van der Waals surface area contributed by atoms with Crippen LogP contribution in [0.4, 0.5) is 0 Å². The number of hydrogen-bond acceptors (Lipinski definition) is 3. The van der Waals surface area contributed by atoms with Gasteiger partial charge in [0.05, 0.1) is 6.54 Å². The van der Waals surface area contributed by atoms with E-state index in [2.05, 4.69) is 20.9 Å². The van der Waals surface area contributed by atoms with Gasteiger partial charge in [-0.3, -0.25) is 9.00 Å². The summed E-state index contributed by atoms with van der Waals surface area (Å²) in [6.07, 6.45) is 4.19. The summed E-state index contributed by atoms with van der Waals surface area (Å²) in [5.74, 6) is 1.44. The molecule has 1 amide bonds. The van der Waals surface area contributed by atoms with Gasteiger partial charge in [0, 0.05) is 47.0 Å². The molecule has 7 heteroatoms. The zero-order valence-corrected chi connectivity index (χ0v) is 17.4. The fourth-order valence-corrected chi connectivity index (χ4v) is 4.69. The highest BCUT2D eigenvalue weighted by Gasteiger charge is 2.26. The fraction of sp³-hybridized carbons (Fsp3) is 0.600. The Balaban J connectivity index is 1.97. The van der Waals surface area contributed by atoms with Crippen LogP contribution < -0.4 is 16.0 Å². The van der Waals surface area contributed by atoms with E-state index in [4.69, 9.17) is 0 Å². The molecule has 0 spiro atoms. The zero-order valence-electron chi connectivity index (χ0n) is 16.6. The SMILES string of the molecule is CCNC(=NCc1ccc(C(=O)NC)cc1)NC1CCCC(S(=O)CC)C1. The van der Waals surface area contributed by atoms with Gasteiger partial charge in [0.2, 0.25) is 0 Å². The normalized spacial score (nSPS) is 21.4. The predicted octanol–water partition coefficient (Wildman–Crippen LogP) is 2.18. The second kappa shape index (κ2) is 11.1. The summed E-state index contributed by atoms with van der Waals surface area (Å²) >= 11 is 0. The van der Waals surface area contributed by atoms with Crippen molar-refractivity contribution < 1.29 is 9.00 Å². The molecule has 1 aliphatic carbocycles. The highest BCUT2D eigenvalue weighted by atomic mass is 32.2. The van der Waals surface area contributed by atoms with Crippen molar-refractivity contribution in [2.24, 2.45) is 4.99 Å². The van der Waals surface area contributed by atoms with E-state index >= 15 is 0 Å². The molecular formula is C20H32N4O2S. The molecule has 2 rings (SSSR count). The second-order valence-electron chi connectivity index (χ2n) is 6.77. The van der Waals surface area contributed by atoms with Crippen molar-refractivity contribution in [2.75, 3.05) is 19.3 Å². The molecule has 0 aliphatic heterocycles. The Morgan fingerprint density at radius 3 is 2.59 bits per heavy atom. The van der Waals surface area contributed by atoms with Crippen LogP contribution in [0.1, 0.15) is 55.5 Å². The first-order chi connectivity index (χ1) is 13.1. The maximum Gasteiger partial charge on any atom is 0.251 e. The van der Waals surface area contributed by atoms with E-state index in [1.165, 1.54) is 0 Å². The van der Waals surface area contributed by atoms with E-state index in [0.717, 1.165) is 49.5 Å². The van der Waals surface area contributed by atoms with E-state index < -0.39 is 10.8 Å². The highest BCUT2D eigenvalue weighted by molar-refractivity contribution is 7.85. The zero-order chi connectivity index (χ0) is 19.6. The Morgan fingerprint density at radius 1 is 1.22 bits per heavy atom. The average Bonchev–Trinajstić information content (AvgIpc) is 2.71. The van der Waals surface area contributed by atoms with Gasteiger partial charge in [-0.15, -0.1) is 0 Å². The third-order valence-electron chi connectivity index (χ3n) is 4.83. The van der Waals surface area contributed by atoms with Crippen LogP contribution in [0.15, 0.2) is 29.3 Å². The Morgan fingerprint density at radius 2 is 1.96 bits per heavy atom. The fourth-order valence-electron chi connectivity index (χ4n) is 3.34. The smallest absolute Gasteiger partial charge is 0.251 e. The number of benzene rings is 1. The number of amides is 1. The first kappa shape index (κ1) is 21.4. The Hall–Kier alpha value is -1.89. The Kier molecular flexibility index (Phi) is 8.78. The Bertz CT molecular complexity index is 660. The summed E-state index contributed by atoms with van der Waals surface area (Å²) in [7, 11) is 0.900. The molecule has 3 unspecified atom stereocenters. The number of guanidine groups is 1. The first-order valence-electron chi connectivity index (χ1n) is 9.80. The molecule has 0 saturated heterocycles. The van der Waals surface area contributed by atoms with Crippen LogP contribution >= 0.6 is 0 Å². The molecule has 0 aromatic heterocycles. The van der Waals surface area contributed by atoms with Gasteiger partial charge in [-0.1, -0.05) is 25.5 Å². The summed E-state index contributed by atoms with van der Waals surface area (Å²) in [4.78, 5) is 16.3. The van der Waals surface area contributed by atoms with E-state index in [1.54, 1.807) is 7.05 Å². The van der Waals surface area contributed by atoms with Crippen molar-refractivity contribution in [3.05, 3.63) is 35.4 Å². The van der Waals surface area contributed by atoms with E-state index in [9.17, 15) is 9.00 Å². The van der Waals surface area contributed by atoms with Crippen LogP contribution in [0, 0.1) is 0 Å². The molecule has 0 heterocycles. The number of aliphatic imine (C=N–C) groups is 1. The molecule has 0 radical (unpaired) electrons. The molecule has 1 aromatic rings. The lowest BCUT2D eigenvalue weighted by Crippen LogP contribution is -2.46. The van der Waals surface area contributed by atoms with E-state index in [-0.39, 0.29) is 5.91 Å². The van der Waals surface area contributed by atoms with Crippen molar-refractivity contribution in [1.82, 2.24) is 16.0 Å². The maximum atomic E-state index is 12.1. The van der Waals surface area contributed by atoms with Crippen molar-refractivity contribution in [3.8, 4) is 0 Å². The molecule has 0 bridgehead atoms. The maximum absolute atomic E-state index is 12.1. The lowest BCUT2D eigenvalue weighted by Gasteiger charge is -2.30. The molecular weight excluding hydrogens is 360 g/mol. The number of nitrogens with one attached hydrogen (secondary N) is 3. The minimum atomic E-state index is -0.726. The topological polar surface area (TPSA) is 82.6 Å². The lowest BCUT2D eigenvalue weighted by atomic mass is 9.95. The average molecular weight is 393 g/mol. The lowest BCUT2D eigenvalue weighted by molar-refractivity contribution is 0.0963. The molecule has 3 N–H and O–H groups in total. The number of carbonyl (C=O) groups is 1. The molecule has 6 nitrogen and oxygen atoms in total. The summed E-state index contributed by atoms with van der Waals surface area (Å²) < 4.78 is 12.1. The number of hydrogen-bond donors (Lipinski definition) is 3. The molecule has 1 saturated carbocycles. The van der Waals surface area contributed by atoms with Crippen LogP contribution in [-0.2, 0) is 17.3 Å². The minimum Gasteiger partial charge on any atom is -0.357 e. The van der Waals surface area contributed by atoms with Crippen LogP contribution in [0.2, 0.25) is 0 Å². The quantitative estimate of drug-likeness (QED) is 0.491. The monoisotopic (exact) mass is 392 g/mol. The molecule has 1 aliphatic rings. The molecule has 1 fully saturated rings. The van der Waals surface area contributed by atoms with Gasteiger partial charge in [-0.05, 0) is 43.9 Å². The Labute approximate surface area is 165 Å². The van der Waals surface area contributed by atoms with Gasteiger partial charge in [0.1, 0.15) is 0 Å². The molecule has 1 aromatic carbocycles. The van der Waals surface area contributed by atoms with Gasteiger partial charge in [0.15, 0.2) is 5.96 Å². The molecule has 3 atom stereocenters. The number of nitrogens with zero attached hydrogens (tertiary/aromatic N) is 1. The molecule has 150 valence electrons. The standard InChI is InChI=1S/C20H32N4O2S/c1-4-22-20(24-17-7-6-8-18(13-17)27(26)5-2)23-14-15-9-11-16(12-10-15)19(25)21-3/h9-12,17-18H,4-8,13-14H2,1-3H3,(H,21,25)(H2,22,23,24). The first-order valence-corrected chi connectivity index (χ1v) is 11.2. The van der Waals surface area contributed by atoms with Gasteiger partial charge in [0.25, 0.3) is 5.91 Å². The molecule has 27 heavy (non-hydrogen) atoms. The summed E-state index contributed by atoms with van der Waals surface area (Å²) in [6.45, 7) is 5.37. The number of carbonyl (C=O) groups excluding carboxylic acids is 1. The van der Waals surface area contributed by atoms with Crippen molar-refractivity contribution in [1.29, 1.82) is 0 Å². The summed E-state index contributed by atoms with van der Waals surface area (Å²) in [5.41, 5.74) is 1.70. The largest absolute Gasteiger partial charge is 0.357 e. The van der Waals surface area contributed by atoms with Crippen molar-refractivity contribution >= 4 is 22.7 Å². The second-order valence-corrected chi connectivity index (χ2v) is 8.78. The van der Waals surface area contributed by atoms with Crippen LogP contribution in [0.3, 0.4) is 0 Å². The minimum absolute atomic E-state index is 0.0867.